The van der Waals surface area contributed by atoms with E-state index in [0.717, 1.165) is 17.5 Å². The molecule has 0 saturated carbocycles. The van der Waals surface area contributed by atoms with Gasteiger partial charge in [-0.3, -0.25) is 9.59 Å². The van der Waals surface area contributed by atoms with E-state index in [1.807, 2.05) is 0 Å². The van der Waals surface area contributed by atoms with Crippen molar-refractivity contribution < 1.29 is 23.5 Å². The zero-order valence-electron chi connectivity index (χ0n) is 17.4. The van der Waals surface area contributed by atoms with Crippen LogP contribution in [0.4, 0.5) is 14.5 Å². The first-order valence-electron chi connectivity index (χ1n) is 9.93. The molecule has 0 saturated heterocycles. The maximum Gasteiger partial charge on any atom is 0.271 e. The topological polar surface area (TPSA) is 90.8 Å². The summed E-state index contributed by atoms with van der Waals surface area (Å²) < 4.78 is 26.9. The van der Waals surface area contributed by atoms with Crippen LogP contribution in [-0.2, 0) is 0 Å². The van der Waals surface area contributed by atoms with Crippen LogP contribution in [-0.4, -0.2) is 23.1 Å². The number of hydrogen-bond acceptors (Lipinski definition) is 4. The molecule has 0 unspecified atom stereocenters. The second-order valence-corrected chi connectivity index (χ2v) is 7.63. The minimum atomic E-state index is -0.849. The molecule has 0 heterocycles. The number of hydrazone groups is 1. The summed E-state index contributed by atoms with van der Waals surface area (Å²) >= 11 is 5.82. The van der Waals surface area contributed by atoms with E-state index in [9.17, 15) is 23.5 Å². The number of amides is 2. The van der Waals surface area contributed by atoms with Gasteiger partial charge in [0.05, 0.1) is 11.2 Å². The third-order valence-electron chi connectivity index (χ3n) is 4.91. The van der Waals surface area contributed by atoms with Crippen molar-refractivity contribution in [3.8, 4) is 5.75 Å². The summed E-state index contributed by atoms with van der Waals surface area (Å²) in [5.41, 5.74) is 3.54. The molecule has 0 spiro atoms. The Morgan fingerprint density at radius 1 is 0.853 bits per heavy atom. The van der Waals surface area contributed by atoms with Crippen LogP contribution >= 0.6 is 11.6 Å². The van der Waals surface area contributed by atoms with Crippen molar-refractivity contribution in [2.24, 2.45) is 5.10 Å². The molecule has 2 amide bonds. The number of phenolic OH excluding ortho intramolecular Hbond substituents is 1. The first kappa shape index (κ1) is 22.9. The Balaban J connectivity index is 1.56. The van der Waals surface area contributed by atoms with E-state index >= 15 is 0 Å². The zero-order chi connectivity index (χ0) is 24.2. The molecule has 0 radical (unpaired) electrons. The Morgan fingerprint density at radius 2 is 1.56 bits per heavy atom. The number of nitrogens with zero attached hydrogens (tertiary/aromatic N) is 1. The van der Waals surface area contributed by atoms with Gasteiger partial charge in [0.25, 0.3) is 11.8 Å². The maximum absolute atomic E-state index is 13.5. The van der Waals surface area contributed by atoms with Gasteiger partial charge in [-0.25, -0.2) is 14.2 Å². The van der Waals surface area contributed by atoms with Gasteiger partial charge in [-0.05, 0) is 41.8 Å². The van der Waals surface area contributed by atoms with Crippen LogP contribution in [0, 0.1) is 11.6 Å². The molecule has 0 aromatic heterocycles. The summed E-state index contributed by atoms with van der Waals surface area (Å²) in [6.07, 6.45) is 1.44. The van der Waals surface area contributed by atoms with Crippen LogP contribution in [0.1, 0.15) is 26.3 Å². The van der Waals surface area contributed by atoms with Crippen molar-refractivity contribution in [2.75, 3.05) is 5.32 Å². The molecule has 9 heteroatoms. The molecule has 0 fully saturated rings. The predicted molar refractivity (Wildman–Crippen MR) is 126 cm³/mol. The van der Waals surface area contributed by atoms with E-state index in [2.05, 4.69) is 15.8 Å². The second kappa shape index (κ2) is 9.68. The summed E-state index contributed by atoms with van der Waals surface area (Å²) in [5.74, 6) is -3.02. The molecule has 6 nitrogen and oxygen atoms in total. The van der Waals surface area contributed by atoms with Crippen molar-refractivity contribution in [3.05, 3.63) is 106 Å². The van der Waals surface area contributed by atoms with Crippen LogP contribution in [0.5, 0.6) is 5.75 Å². The van der Waals surface area contributed by atoms with E-state index in [1.54, 1.807) is 36.4 Å². The Hall–Kier alpha value is -4.30. The lowest BCUT2D eigenvalue weighted by atomic mass is 10.0. The average molecular weight is 480 g/mol. The number of rotatable bonds is 5. The maximum atomic E-state index is 13.5. The van der Waals surface area contributed by atoms with E-state index in [-0.39, 0.29) is 21.9 Å². The minimum Gasteiger partial charge on any atom is -0.506 e. The van der Waals surface area contributed by atoms with Crippen LogP contribution < -0.4 is 10.7 Å². The Kier molecular flexibility index (Phi) is 6.51. The average Bonchev–Trinajstić information content (AvgIpc) is 2.81. The fraction of sp³-hybridized carbons (Fsp3) is 0. The van der Waals surface area contributed by atoms with Gasteiger partial charge in [-0.1, -0.05) is 41.9 Å². The number of carbonyl (C=O) groups excluding carboxylic acids is 2. The van der Waals surface area contributed by atoms with Gasteiger partial charge in [0.1, 0.15) is 17.4 Å². The first-order valence-corrected chi connectivity index (χ1v) is 10.3. The van der Waals surface area contributed by atoms with Crippen molar-refractivity contribution in [3.63, 3.8) is 0 Å². The Bertz CT molecular complexity index is 1440. The van der Waals surface area contributed by atoms with Crippen molar-refractivity contribution >= 4 is 46.1 Å². The quantitative estimate of drug-likeness (QED) is 0.261. The molecule has 0 bridgehead atoms. The molecule has 4 rings (SSSR count). The molecular formula is C25H16ClF2N3O3. The SMILES string of the molecule is O=C(NN=Cc1ccc(NC(=O)c2cc(F)cc(F)c2)c2ccccc12)c1ccc(O)c(Cl)c1. The van der Waals surface area contributed by atoms with E-state index in [0.29, 0.717) is 22.7 Å². The van der Waals surface area contributed by atoms with Crippen molar-refractivity contribution in [1.29, 1.82) is 0 Å². The van der Waals surface area contributed by atoms with Gasteiger partial charge >= 0.3 is 0 Å². The molecule has 170 valence electrons. The monoisotopic (exact) mass is 479 g/mol. The van der Waals surface area contributed by atoms with E-state index in [1.165, 1.54) is 24.4 Å². The number of phenols is 1. The number of anilines is 1. The highest BCUT2D eigenvalue weighted by atomic mass is 35.5. The molecule has 3 N–H and O–H groups in total. The minimum absolute atomic E-state index is 0.0428. The van der Waals surface area contributed by atoms with E-state index < -0.39 is 23.4 Å². The molecule has 4 aromatic rings. The molecule has 34 heavy (non-hydrogen) atoms. The van der Waals surface area contributed by atoms with Gasteiger partial charge in [0, 0.05) is 33.8 Å². The molecule has 0 aliphatic carbocycles. The third-order valence-corrected chi connectivity index (χ3v) is 5.21. The molecule has 0 aliphatic rings. The van der Waals surface area contributed by atoms with Crippen molar-refractivity contribution in [1.82, 2.24) is 5.43 Å². The number of halogens is 3. The van der Waals surface area contributed by atoms with Crippen LogP contribution in [0.25, 0.3) is 10.8 Å². The Labute approximate surface area is 197 Å². The molecule has 0 aliphatic heterocycles. The van der Waals surface area contributed by atoms with Gasteiger partial charge in [0.15, 0.2) is 0 Å². The van der Waals surface area contributed by atoms with Gasteiger partial charge in [-0.2, -0.15) is 5.10 Å². The lowest BCUT2D eigenvalue weighted by Crippen LogP contribution is -2.17. The number of hydrogen-bond donors (Lipinski definition) is 3. The largest absolute Gasteiger partial charge is 0.506 e. The number of aromatic hydroxyl groups is 1. The summed E-state index contributed by atoms with van der Waals surface area (Å²) in [5, 5.41) is 17.5. The summed E-state index contributed by atoms with van der Waals surface area (Å²) in [6.45, 7) is 0. The lowest BCUT2D eigenvalue weighted by Gasteiger charge is -2.11. The van der Waals surface area contributed by atoms with Crippen LogP contribution in [0.15, 0.2) is 77.9 Å². The molecular weight excluding hydrogens is 464 g/mol. The predicted octanol–water partition coefficient (Wildman–Crippen LogP) is 5.49. The summed E-state index contributed by atoms with van der Waals surface area (Å²) in [7, 11) is 0. The summed E-state index contributed by atoms with van der Waals surface area (Å²) in [4.78, 5) is 24.8. The van der Waals surface area contributed by atoms with Crippen LogP contribution in [0.3, 0.4) is 0 Å². The molecule has 0 atom stereocenters. The number of carbonyl (C=O) groups is 2. The highest BCUT2D eigenvalue weighted by Gasteiger charge is 2.13. The fourth-order valence-corrected chi connectivity index (χ4v) is 3.48. The van der Waals surface area contributed by atoms with E-state index in [4.69, 9.17) is 11.6 Å². The third kappa shape index (κ3) is 5.02. The van der Waals surface area contributed by atoms with Gasteiger partial charge < -0.3 is 10.4 Å². The number of benzene rings is 4. The first-order chi connectivity index (χ1) is 16.3. The second-order valence-electron chi connectivity index (χ2n) is 7.23. The molecule has 4 aromatic carbocycles. The lowest BCUT2D eigenvalue weighted by molar-refractivity contribution is 0.0954. The van der Waals surface area contributed by atoms with Crippen molar-refractivity contribution in [2.45, 2.75) is 0 Å². The highest BCUT2D eigenvalue weighted by Crippen LogP contribution is 2.27. The highest BCUT2D eigenvalue weighted by molar-refractivity contribution is 6.32. The Morgan fingerprint density at radius 3 is 2.26 bits per heavy atom. The van der Waals surface area contributed by atoms with Gasteiger partial charge in [0.2, 0.25) is 0 Å². The standard InChI is InChI=1S/C25H16ClF2N3O3/c26-21-11-14(6-8-23(21)32)25(34)31-29-13-15-5-7-22(20-4-2-1-3-19(15)20)30-24(33)16-9-17(27)12-18(28)10-16/h1-13,32H,(H,30,33)(H,31,34). The smallest absolute Gasteiger partial charge is 0.271 e. The normalized spacial score (nSPS) is 11.0. The summed E-state index contributed by atoms with van der Waals surface area (Å²) in [6, 6.07) is 17.1. The number of fused-ring (bicyclic) bond motifs is 1. The zero-order valence-corrected chi connectivity index (χ0v) is 18.1. The fourth-order valence-electron chi connectivity index (χ4n) is 3.30. The number of nitrogens with one attached hydrogen (secondary N) is 2. The van der Waals surface area contributed by atoms with Crippen LogP contribution in [0.2, 0.25) is 5.02 Å². The van der Waals surface area contributed by atoms with Gasteiger partial charge in [-0.15, -0.1) is 0 Å².